The summed E-state index contributed by atoms with van der Waals surface area (Å²) in [4.78, 5) is 20.4. The summed E-state index contributed by atoms with van der Waals surface area (Å²) in [7, 11) is 0. The highest BCUT2D eigenvalue weighted by molar-refractivity contribution is 8.03. The van der Waals surface area contributed by atoms with Crippen molar-refractivity contribution in [2.75, 3.05) is 16.5 Å². The minimum Gasteiger partial charge on any atom is -0.335 e. The zero-order valence-electron chi connectivity index (χ0n) is 14.6. The zero-order chi connectivity index (χ0) is 18.1. The first-order valence-corrected chi connectivity index (χ1v) is 9.28. The van der Waals surface area contributed by atoms with Crippen LogP contribution in [0.2, 0.25) is 0 Å². The van der Waals surface area contributed by atoms with Crippen molar-refractivity contribution < 1.29 is 4.79 Å². The first-order valence-electron chi connectivity index (χ1n) is 8.46. The van der Waals surface area contributed by atoms with Crippen molar-refractivity contribution in [3.8, 4) is 0 Å². The highest BCUT2D eigenvalue weighted by Crippen LogP contribution is 2.45. The van der Waals surface area contributed by atoms with Crippen LogP contribution in [0.4, 0.5) is 11.5 Å². The number of pyridine rings is 1. The normalized spacial score (nSPS) is 19.5. The smallest absolute Gasteiger partial charge is 0.282 e. The Morgan fingerprint density at radius 1 is 1.12 bits per heavy atom. The van der Waals surface area contributed by atoms with Crippen LogP contribution in [0.3, 0.4) is 0 Å². The van der Waals surface area contributed by atoms with Crippen LogP contribution in [-0.4, -0.2) is 23.1 Å². The molecule has 1 aromatic heterocycles. The molecule has 26 heavy (non-hydrogen) atoms. The van der Waals surface area contributed by atoms with Crippen LogP contribution in [0.5, 0.6) is 0 Å². The lowest BCUT2D eigenvalue weighted by Gasteiger charge is -2.17. The Hall–Kier alpha value is -2.86. The molecule has 0 unspecified atom stereocenters. The van der Waals surface area contributed by atoms with Gasteiger partial charge in [-0.25, -0.2) is 4.98 Å². The van der Waals surface area contributed by atoms with Crippen LogP contribution in [-0.2, 0) is 4.79 Å². The molecule has 0 bridgehead atoms. The highest BCUT2D eigenvalue weighted by atomic mass is 32.2. The molecule has 2 aromatic rings. The Bertz CT molecular complexity index is 949. The maximum atomic E-state index is 12.7. The summed E-state index contributed by atoms with van der Waals surface area (Å²) in [5.74, 6) is 0.382. The van der Waals surface area contributed by atoms with Gasteiger partial charge in [-0.05, 0) is 50.3 Å². The minimum atomic E-state index is -0.151. The monoisotopic (exact) mass is 362 g/mol. The summed E-state index contributed by atoms with van der Waals surface area (Å²) >= 11 is 1.72. The van der Waals surface area contributed by atoms with Gasteiger partial charge in [0.2, 0.25) is 0 Å². The third kappa shape index (κ3) is 2.82. The Labute approximate surface area is 156 Å². The van der Waals surface area contributed by atoms with Crippen molar-refractivity contribution in [1.29, 1.82) is 0 Å². The fourth-order valence-electron chi connectivity index (χ4n) is 3.00. The molecule has 0 radical (unpaired) electrons. The molecule has 5 nitrogen and oxygen atoms in total. The minimum absolute atomic E-state index is 0.151. The van der Waals surface area contributed by atoms with Gasteiger partial charge in [-0.15, -0.1) is 0 Å². The van der Waals surface area contributed by atoms with E-state index in [1.54, 1.807) is 24.0 Å². The largest absolute Gasteiger partial charge is 0.335 e. The number of hydrogen-bond acceptors (Lipinski definition) is 5. The predicted octanol–water partition coefficient (Wildman–Crippen LogP) is 4.20. The number of anilines is 2. The molecular formula is C20H18N4OS. The molecule has 3 heterocycles. The van der Waals surface area contributed by atoms with E-state index >= 15 is 0 Å². The summed E-state index contributed by atoms with van der Waals surface area (Å²) in [5, 5.41) is 6.83. The molecule has 0 saturated heterocycles. The van der Waals surface area contributed by atoms with E-state index in [0.717, 1.165) is 11.6 Å². The summed E-state index contributed by atoms with van der Waals surface area (Å²) in [5.41, 5.74) is 2.50. The van der Waals surface area contributed by atoms with Gasteiger partial charge >= 0.3 is 0 Å². The number of hydrazone groups is 1. The number of thioether (sulfide) groups is 1. The molecular weight excluding hydrogens is 344 g/mol. The summed E-state index contributed by atoms with van der Waals surface area (Å²) < 4.78 is 0. The number of aromatic nitrogens is 1. The van der Waals surface area contributed by atoms with Gasteiger partial charge in [0.1, 0.15) is 0 Å². The van der Waals surface area contributed by atoms with E-state index in [2.05, 4.69) is 34.0 Å². The molecule has 4 rings (SSSR count). The number of nitrogens with zero attached hydrogens (tertiary/aromatic N) is 4. The number of hydrogen-bond donors (Lipinski definition) is 0. The number of fused-ring (bicyclic) bond motifs is 1. The molecule has 0 saturated carbocycles. The summed E-state index contributed by atoms with van der Waals surface area (Å²) in [6, 6.07) is 13.8. The molecule has 0 aliphatic carbocycles. The SMILES string of the molecule is CCN1/C(=C\C=C2\C(=O)N(c3ccccn3)N=C2C)Sc2ccccc21. The second-order valence-corrected chi connectivity index (χ2v) is 6.95. The number of carbonyl (C=O) groups excluding carboxylic acids is 1. The van der Waals surface area contributed by atoms with Crippen molar-refractivity contribution in [3.05, 3.63) is 71.4 Å². The van der Waals surface area contributed by atoms with E-state index in [4.69, 9.17) is 0 Å². The summed E-state index contributed by atoms with van der Waals surface area (Å²) in [6.07, 6.45) is 5.52. The standard InChI is InChI=1S/C20H18N4OS/c1-3-23-16-8-4-5-9-17(16)26-19(23)12-11-15-14(2)22-24(20(15)25)18-10-6-7-13-21-18/h4-13H,3H2,1-2H3/b15-11+,19-12+. The van der Waals surface area contributed by atoms with Crippen molar-refractivity contribution in [2.45, 2.75) is 18.7 Å². The van der Waals surface area contributed by atoms with E-state index in [1.165, 1.54) is 15.6 Å². The Balaban J connectivity index is 1.63. The van der Waals surface area contributed by atoms with E-state index in [1.807, 2.05) is 43.3 Å². The van der Waals surface area contributed by atoms with Crippen LogP contribution < -0.4 is 9.91 Å². The lowest BCUT2D eigenvalue weighted by molar-refractivity contribution is -0.114. The van der Waals surface area contributed by atoms with Crippen molar-refractivity contribution >= 4 is 34.9 Å². The van der Waals surface area contributed by atoms with Gasteiger partial charge in [-0.3, -0.25) is 4.79 Å². The number of amides is 1. The van der Waals surface area contributed by atoms with E-state index in [0.29, 0.717) is 17.1 Å². The van der Waals surface area contributed by atoms with Crippen LogP contribution in [0.1, 0.15) is 13.8 Å². The third-order valence-electron chi connectivity index (χ3n) is 4.27. The first kappa shape index (κ1) is 16.6. The topological polar surface area (TPSA) is 48.8 Å². The van der Waals surface area contributed by atoms with Crippen LogP contribution in [0.25, 0.3) is 0 Å². The lowest BCUT2D eigenvalue weighted by Crippen LogP contribution is -2.22. The molecule has 0 spiro atoms. The number of rotatable bonds is 3. The quantitative estimate of drug-likeness (QED) is 0.768. The average Bonchev–Trinajstić information content (AvgIpc) is 3.17. The molecule has 0 atom stereocenters. The first-order chi connectivity index (χ1) is 12.7. The Morgan fingerprint density at radius 3 is 2.69 bits per heavy atom. The molecule has 130 valence electrons. The zero-order valence-corrected chi connectivity index (χ0v) is 15.4. The number of para-hydroxylation sites is 1. The Morgan fingerprint density at radius 2 is 1.92 bits per heavy atom. The fourth-order valence-corrected chi connectivity index (χ4v) is 4.13. The second-order valence-electron chi connectivity index (χ2n) is 5.89. The molecule has 2 aliphatic rings. The third-order valence-corrected chi connectivity index (χ3v) is 5.41. The second kappa shape index (κ2) is 6.80. The fraction of sp³-hybridized carbons (Fsp3) is 0.150. The van der Waals surface area contributed by atoms with Gasteiger partial charge in [0.15, 0.2) is 5.82 Å². The van der Waals surface area contributed by atoms with Crippen molar-refractivity contribution in [2.24, 2.45) is 5.10 Å². The van der Waals surface area contributed by atoms with Gasteiger partial charge in [0.25, 0.3) is 5.91 Å². The molecule has 1 aromatic carbocycles. The van der Waals surface area contributed by atoms with Gasteiger partial charge < -0.3 is 4.90 Å². The lowest BCUT2D eigenvalue weighted by atomic mass is 10.1. The van der Waals surface area contributed by atoms with Crippen molar-refractivity contribution in [1.82, 2.24) is 4.98 Å². The highest BCUT2D eigenvalue weighted by Gasteiger charge is 2.29. The average molecular weight is 362 g/mol. The molecule has 0 fully saturated rings. The van der Waals surface area contributed by atoms with E-state index < -0.39 is 0 Å². The molecule has 6 heteroatoms. The number of carbonyl (C=O) groups is 1. The van der Waals surface area contributed by atoms with Gasteiger partial charge in [-0.1, -0.05) is 30.0 Å². The van der Waals surface area contributed by atoms with Crippen LogP contribution in [0.15, 0.2) is 81.4 Å². The van der Waals surface area contributed by atoms with Crippen LogP contribution >= 0.6 is 11.8 Å². The number of allylic oxidation sites excluding steroid dienone is 2. The molecule has 0 N–H and O–H groups in total. The van der Waals surface area contributed by atoms with Gasteiger partial charge in [0, 0.05) is 17.6 Å². The maximum absolute atomic E-state index is 12.7. The molecule has 1 amide bonds. The van der Waals surface area contributed by atoms with Gasteiger partial charge in [-0.2, -0.15) is 10.1 Å². The van der Waals surface area contributed by atoms with E-state index in [-0.39, 0.29) is 5.91 Å². The van der Waals surface area contributed by atoms with Crippen molar-refractivity contribution in [3.63, 3.8) is 0 Å². The van der Waals surface area contributed by atoms with Gasteiger partial charge in [0.05, 0.1) is 22.0 Å². The molecule has 2 aliphatic heterocycles. The predicted molar refractivity (Wildman–Crippen MR) is 106 cm³/mol. The Kier molecular flexibility index (Phi) is 4.34. The van der Waals surface area contributed by atoms with E-state index in [9.17, 15) is 4.79 Å². The number of benzene rings is 1. The summed E-state index contributed by atoms with van der Waals surface area (Å²) in [6.45, 7) is 4.85. The van der Waals surface area contributed by atoms with Crippen LogP contribution in [0, 0.1) is 0 Å². The maximum Gasteiger partial charge on any atom is 0.282 e.